The Bertz CT molecular complexity index is 220. The highest BCUT2D eigenvalue weighted by atomic mass is 16.5. The maximum absolute atomic E-state index is 11.1. The van der Waals surface area contributed by atoms with Gasteiger partial charge in [0, 0.05) is 5.57 Å². The number of carbonyl (C=O) groups is 1. The predicted molar refractivity (Wildman–Crippen MR) is 54.4 cm³/mol. The Balaban J connectivity index is 4.02. The lowest BCUT2D eigenvalue weighted by molar-refractivity contribution is -0.138. The zero-order chi connectivity index (χ0) is 10.3. The van der Waals surface area contributed by atoms with Crippen LogP contribution in [-0.4, -0.2) is 12.6 Å². The topological polar surface area (TPSA) is 26.3 Å². The van der Waals surface area contributed by atoms with E-state index < -0.39 is 0 Å². The van der Waals surface area contributed by atoms with Gasteiger partial charge in [0.1, 0.15) is 0 Å². The van der Waals surface area contributed by atoms with Crippen LogP contribution in [0.3, 0.4) is 0 Å². The van der Waals surface area contributed by atoms with Crippen molar-refractivity contribution in [2.24, 2.45) is 0 Å². The monoisotopic (exact) mass is 182 g/mol. The third-order valence-corrected chi connectivity index (χ3v) is 1.55. The van der Waals surface area contributed by atoms with Crippen molar-refractivity contribution >= 4 is 5.97 Å². The molecule has 0 fully saturated rings. The predicted octanol–water partition coefficient (Wildman–Crippen LogP) is 2.85. The van der Waals surface area contributed by atoms with Crippen LogP contribution >= 0.6 is 0 Å². The number of hydrogen-bond acceptors (Lipinski definition) is 2. The third-order valence-electron chi connectivity index (χ3n) is 1.55. The summed E-state index contributed by atoms with van der Waals surface area (Å²) >= 11 is 0. The summed E-state index contributed by atoms with van der Waals surface area (Å²) in [5, 5.41) is 0. The molecule has 0 saturated carbocycles. The lowest BCUT2D eigenvalue weighted by Gasteiger charge is -2.00. The molecule has 0 aromatic carbocycles. The third kappa shape index (κ3) is 6.14. The molecule has 0 spiro atoms. The molecular weight excluding hydrogens is 164 g/mol. The van der Waals surface area contributed by atoms with Crippen molar-refractivity contribution in [2.75, 3.05) is 6.61 Å². The number of allylic oxidation sites excluding steroid dienone is 3. The van der Waals surface area contributed by atoms with Crippen LogP contribution in [0, 0.1) is 0 Å². The Morgan fingerprint density at radius 2 is 1.85 bits per heavy atom. The van der Waals surface area contributed by atoms with E-state index in [1.165, 1.54) is 5.57 Å². The van der Waals surface area contributed by atoms with Crippen LogP contribution in [0.5, 0.6) is 0 Å². The summed E-state index contributed by atoms with van der Waals surface area (Å²) in [6.45, 7) is 8.09. The van der Waals surface area contributed by atoms with E-state index in [1.807, 2.05) is 19.9 Å². The Kier molecular flexibility index (Phi) is 5.94. The van der Waals surface area contributed by atoms with Gasteiger partial charge in [-0.3, -0.25) is 0 Å². The molecule has 0 aliphatic carbocycles. The number of esters is 1. The van der Waals surface area contributed by atoms with Crippen molar-refractivity contribution in [1.29, 1.82) is 0 Å². The van der Waals surface area contributed by atoms with Crippen molar-refractivity contribution in [3.8, 4) is 0 Å². The van der Waals surface area contributed by atoms with E-state index in [4.69, 9.17) is 4.74 Å². The molecule has 0 aliphatic rings. The molecule has 0 aromatic heterocycles. The molecule has 0 aromatic rings. The summed E-state index contributed by atoms with van der Waals surface area (Å²) in [7, 11) is 0. The zero-order valence-electron chi connectivity index (χ0n) is 8.89. The van der Waals surface area contributed by atoms with E-state index in [9.17, 15) is 4.79 Å². The largest absolute Gasteiger partial charge is 0.463 e. The highest BCUT2D eigenvalue weighted by Crippen LogP contribution is 2.01. The number of carbonyl (C=O) groups excluding carboxylic acids is 1. The highest BCUT2D eigenvalue weighted by Gasteiger charge is 2.01. The van der Waals surface area contributed by atoms with Gasteiger partial charge < -0.3 is 4.74 Å². The average molecular weight is 182 g/mol. The first kappa shape index (κ1) is 11.9. The Morgan fingerprint density at radius 1 is 1.23 bits per heavy atom. The molecule has 0 saturated heterocycles. The van der Waals surface area contributed by atoms with Gasteiger partial charge in [0.05, 0.1) is 6.61 Å². The number of rotatable bonds is 4. The van der Waals surface area contributed by atoms with Gasteiger partial charge in [-0.15, -0.1) is 0 Å². The van der Waals surface area contributed by atoms with E-state index >= 15 is 0 Å². The summed E-state index contributed by atoms with van der Waals surface area (Å²) in [5.41, 5.74) is 1.94. The van der Waals surface area contributed by atoms with E-state index in [0.29, 0.717) is 12.2 Å². The fraction of sp³-hybridized carbons (Fsp3) is 0.545. The van der Waals surface area contributed by atoms with Gasteiger partial charge in [0.2, 0.25) is 0 Å². The Labute approximate surface area is 80.3 Å². The zero-order valence-corrected chi connectivity index (χ0v) is 8.89. The molecule has 0 bridgehead atoms. The second-order valence-electron chi connectivity index (χ2n) is 3.12. The van der Waals surface area contributed by atoms with Gasteiger partial charge in [-0.2, -0.15) is 0 Å². The van der Waals surface area contributed by atoms with E-state index in [1.54, 1.807) is 13.8 Å². The lowest BCUT2D eigenvalue weighted by Crippen LogP contribution is -2.04. The molecule has 74 valence electrons. The Hall–Kier alpha value is -1.05. The maximum Gasteiger partial charge on any atom is 0.333 e. The van der Waals surface area contributed by atoms with Gasteiger partial charge in [-0.25, -0.2) is 4.79 Å². The average Bonchev–Trinajstić information content (AvgIpc) is 2.04. The first-order chi connectivity index (χ1) is 6.07. The van der Waals surface area contributed by atoms with E-state index in [2.05, 4.69) is 6.08 Å². The molecule has 0 aliphatic heterocycles. The lowest BCUT2D eigenvalue weighted by atomic mass is 10.2. The number of ether oxygens (including phenoxy) is 1. The quantitative estimate of drug-likeness (QED) is 0.379. The second-order valence-corrected chi connectivity index (χ2v) is 3.12. The second kappa shape index (κ2) is 6.46. The minimum absolute atomic E-state index is 0.218. The summed E-state index contributed by atoms with van der Waals surface area (Å²) in [4.78, 5) is 11.1. The molecule has 0 heterocycles. The molecule has 0 unspecified atom stereocenters. The van der Waals surface area contributed by atoms with Crippen LogP contribution in [0.15, 0.2) is 23.3 Å². The van der Waals surface area contributed by atoms with Crippen molar-refractivity contribution in [3.63, 3.8) is 0 Å². The summed E-state index contributed by atoms with van der Waals surface area (Å²) in [6.07, 6.45) is 4.75. The minimum Gasteiger partial charge on any atom is -0.463 e. The molecule has 2 nitrogen and oxygen atoms in total. The smallest absolute Gasteiger partial charge is 0.333 e. The van der Waals surface area contributed by atoms with Gasteiger partial charge in [0.15, 0.2) is 0 Å². The van der Waals surface area contributed by atoms with Crippen LogP contribution in [0.1, 0.15) is 34.1 Å². The maximum atomic E-state index is 11.1. The van der Waals surface area contributed by atoms with Crippen molar-refractivity contribution < 1.29 is 9.53 Å². The Morgan fingerprint density at radius 3 is 2.31 bits per heavy atom. The standard InChI is InChI=1S/C11H18O2/c1-5-13-11(12)10(4)8-6-7-9(2)3/h7-8H,5-6H2,1-4H3/b10-8+. The molecule has 2 heteroatoms. The SMILES string of the molecule is CCOC(=O)/C(C)=C/CC=C(C)C. The van der Waals surface area contributed by atoms with Crippen LogP contribution in [0.4, 0.5) is 0 Å². The van der Waals surface area contributed by atoms with E-state index in [-0.39, 0.29) is 5.97 Å². The molecule has 0 radical (unpaired) electrons. The molecule has 0 atom stereocenters. The van der Waals surface area contributed by atoms with Crippen molar-refractivity contribution in [1.82, 2.24) is 0 Å². The van der Waals surface area contributed by atoms with Gasteiger partial charge in [-0.05, 0) is 34.1 Å². The fourth-order valence-electron chi connectivity index (χ4n) is 0.800. The molecule has 0 N–H and O–H groups in total. The summed E-state index contributed by atoms with van der Waals surface area (Å²) in [5.74, 6) is -0.218. The molecule has 13 heavy (non-hydrogen) atoms. The number of hydrogen-bond donors (Lipinski definition) is 0. The highest BCUT2D eigenvalue weighted by molar-refractivity contribution is 5.87. The minimum atomic E-state index is -0.218. The van der Waals surface area contributed by atoms with Gasteiger partial charge in [-0.1, -0.05) is 17.7 Å². The van der Waals surface area contributed by atoms with Crippen LogP contribution in [0.2, 0.25) is 0 Å². The fourth-order valence-corrected chi connectivity index (χ4v) is 0.800. The molecule has 0 rings (SSSR count). The normalized spacial score (nSPS) is 10.9. The summed E-state index contributed by atoms with van der Waals surface area (Å²) < 4.78 is 4.83. The van der Waals surface area contributed by atoms with Crippen molar-refractivity contribution in [2.45, 2.75) is 34.1 Å². The van der Waals surface area contributed by atoms with Crippen LogP contribution in [0.25, 0.3) is 0 Å². The van der Waals surface area contributed by atoms with Crippen molar-refractivity contribution in [3.05, 3.63) is 23.3 Å². The first-order valence-electron chi connectivity index (χ1n) is 4.55. The summed E-state index contributed by atoms with van der Waals surface area (Å²) in [6, 6.07) is 0. The molecular formula is C11H18O2. The van der Waals surface area contributed by atoms with Crippen LogP contribution in [-0.2, 0) is 9.53 Å². The molecule has 0 amide bonds. The first-order valence-corrected chi connectivity index (χ1v) is 4.55. The van der Waals surface area contributed by atoms with Gasteiger partial charge in [0.25, 0.3) is 0 Å². The van der Waals surface area contributed by atoms with Crippen LogP contribution < -0.4 is 0 Å². The van der Waals surface area contributed by atoms with E-state index in [0.717, 1.165) is 6.42 Å². The van der Waals surface area contributed by atoms with Gasteiger partial charge >= 0.3 is 5.97 Å².